The van der Waals surface area contributed by atoms with Crippen LogP contribution in [0.25, 0.3) is 92.4 Å². The van der Waals surface area contributed by atoms with Gasteiger partial charge in [-0.3, -0.25) is 0 Å². The Morgan fingerprint density at radius 1 is 0.533 bits per heavy atom. The second-order valence-electron chi connectivity index (χ2n) is 11.4. The van der Waals surface area contributed by atoms with Crippen LogP contribution in [0.3, 0.4) is 0 Å². The molecule has 0 atom stereocenters. The quantitative estimate of drug-likeness (QED) is 0.205. The van der Waals surface area contributed by atoms with Gasteiger partial charge in [0.1, 0.15) is 5.58 Å². The second-order valence-corrected chi connectivity index (χ2v) is 12.4. The van der Waals surface area contributed by atoms with E-state index in [0.717, 1.165) is 76.9 Å². The molecule has 10 rings (SSSR count). The van der Waals surface area contributed by atoms with E-state index in [-0.39, 0.29) is 0 Å². The highest BCUT2D eigenvalue weighted by Gasteiger charge is 2.20. The van der Waals surface area contributed by atoms with Crippen LogP contribution >= 0.6 is 11.3 Å². The molecule has 0 aliphatic heterocycles. The van der Waals surface area contributed by atoms with Crippen molar-refractivity contribution in [1.29, 1.82) is 0 Å². The summed E-state index contributed by atoms with van der Waals surface area (Å²) in [4.78, 5) is 10.3. The Balaban J connectivity index is 1.20. The van der Waals surface area contributed by atoms with Crippen molar-refractivity contribution < 1.29 is 4.42 Å². The van der Waals surface area contributed by atoms with E-state index < -0.39 is 0 Å². The summed E-state index contributed by atoms with van der Waals surface area (Å²) in [5, 5.41) is 5.78. The van der Waals surface area contributed by atoms with E-state index in [0.29, 0.717) is 0 Å². The van der Waals surface area contributed by atoms with Crippen LogP contribution in [0.5, 0.6) is 0 Å². The molecule has 0 aliphatic carbocycles. The minimum Gasteiger partial charge on any atom is -0.454 e. The van der Waals surface area contributed by atoms with Gasteiger partial charge in [-0.25, -0.2) is 9.97 Å². The zero-order valence-electron chi connectivity index (χ0n) is 23.9. The van der Waals surface area contributed by atoms with Gasteiger partial charge in [0, 0.05) is 48.4 Å². The van der Waals surface area contributed by atoms with Gasteiger partial charge in [-0.2, -0.15) is 0 Å². The third-order valence-corrected chi connectivity index (χ3v) is 10.00. The molecule has 0 saturated heterocycles. The predicted molar refractivity (Wildman–Crippen MR) is 187 cm³/mol. The van der Waals surface area contributed by atoms with Gasteiger partial charge in [0.15, 0.2) is 11.4 Å². The number of hydrogen-bond donors (Lipinski definition) is 0. The average Bonchev–Trinajstić information content (AvgIpc) is 3.78. The number of furan rings is 1. The molecule has 0 unspecified atom stereocenters. The molecule has 0 N–H and O–H groups in total. The molecule has 0 bridgehead atoms. The Morgan fingerprint density at radius 2 is 1.24 bits per heavy atom. The Morgan fingerprint density at radius 3 is 2.11 bits per heavy atom. The predicted octanol–water partition coefficient (Wildman–Crippen LogP) is 11.2. The third kappa shape index (κ3) is 3.59. The lowest BCUT2D eigenvalue weighted by atomic mass is 10.1. The molecule has 4 nitrogen and oxygen atoms in total. The average molecular weight is 594 g/mol. The molecule has 0 spiro atoms. The maximum absolute atomic E-state index is 6.53. The summed E-state index contributed by atoms with van der Waals surface area (Å²) in [5.41, 5.74) is 9.11. The first kappa shape index (κ1) is 24.6. The molecular weight excluding hydrogens is 571 g/mol. The zero-order chi connectivity index (χ0) is 29.5. The fourth-order valence-corrected chi connectivity index (χ4v) is 7.92. The molecule has 45 heavy (non-hydrogen) atoms. The molecule has 0 fully saturated rings. The Bertz CT molecular complexity index is 2750. The van der Waals surface area contributed by atoms with Crippen LogP contribution in [0.4, 0.5) is 0 Å². The topological polar surface area (TPSA) is 43.9 Å². The van der Waals surface area contributed by atoms with Crippen LogP contribution in [0.2, 0.25) is 0 Å². The van der Waals surface area contributed by atoms with E-state index in [1.54, 1.807) is 11.3 Å². The van der Waals surface area contributed by atoms with Crippen molar-refractivity contribution in [3.63, 3.8) is 0 Å². The van der Waals surface area contributed by atoms with Gasteiger partial charge < -0.3 is 8.98 Å². The van der Waals surface area contributed by atoms with Gasteiger partial charge in [0.2, 0.25) is 0 Å². The molecule has 5 heteroatoms. The number of thiophene rings is 1. The lowest BCUT2D eigenvalue weighted by molar-refractivity contribution is 0.671. The van der Waals surface area contributed by atoms with Crippen molar-refractivity contribution in [1.82, 2.24) is 14.5 Å². The van der Waals surface area contributed by atoms with Gasteiger partial charge in [-0.1, -0.05) is 91.0 Å². The molecule has 4 heterocycles. The van der Waals surface area contributed by atoms with Crippen molar-refractivity contribution in [3.05, 3.63) is 140 Å². The largest absolute Gasteiger partial charge is 0.454 e. The summed E-state index contributed by atoms with van der Waals surface area (Å²) in [7, 11) is 0. The highest BCUT2D eigenvalue weighted by molar-refractivity contribution is 7.26. The van der Waals surface area contributed by atoms with Gasteiger partial charge in [-0.05, 0) is 48.5 Å². The van der Waals surface area contributed by atoms with Crippen molar-refractivity contribution in [2.45, 2.75) is 0 Å². The minimum atomic E-state index is 0.721. The van der Waals surface area contributed by atoms with Crippen LogP contribution in [0, 0.1) is 0 Å². The second kappa shape index (κ2) is 9.36. The van der Waals surface area contributed by atoms with E-state index in [1.165, 1.54) is 15.5 Å². The summed E-state index contributed by atoms with van der Waals surface area (Å²) in [6, 6.07) is 48.8. The SMILES string of the molecule is c1ccc(-c2nc(-c3ccc(-n4c5ccccc5c5ccc6c7ccccc7oc6c54)cc3)nc3c2sc2ccccc23)cc1. The van der Waals surface area contributed by atoms with Gasteiger partial charge >= 0.3 is 0 Å². The van der Waals surface area contributed by atoms with Crippen LogP contribution in [-0.4, -0.2) is 14.5 Å². The van der Waals surface area contributed by atoms with Gasteiger partial charge in [0.05, 0.1) is 26.9 Å². The monoisotopic (exact) mass is 593 g/mol. The first-order valence-corrected chi connectivity index (χ1v) is 15.8. The normalized spacial score (nSPS) is 12.0. The molecule has 0 radical (unpaired) electrons. The molecule has 10 aromatic rings. The zero-order valence-corrected chi connectivity index (χ0v) is 24.8. The van der Waals surface area contributed by atoms with Crippen molar-refractivity contribution >= 4 is 75.4 Å². The number of para-hydroxylation sites is 2. The highest BCUT2D eigenvalue weighted by Crippen LogP contribution is 2.41. The fourth-order valence-electron chi connectivity index (χ4n) is 6.77. The maximum Gasteiger partial charge on any atom is 0.160 e. The van der Waals surface area contributed by atoms with E-state index >= 15 is 0 Å². The summed E-state index contributed by atoms with van der Waals surface area (Å²) in [5.74, 6) is 0.721. The van der Waals surface area contributed by atoms with Gasteiger partial charge in [0.25, 0.3) is 0 Å². The number of fused-ring (bicyclic) bond motifs is 10. The van der Waals surface area contributed by atoms with Crippen LogP contribution in [0.1, 0.15) is 0 Å². The Kier molecular flexibility index (Phi) is 5.12. The highest BCUT2D eigenvalue weighted by atomic mass is 32.1. The van der Waals surface area contributed by atoms with E-state index in [9.17, 15) is 0 Å². The molecule has 4 aromatic heterocycles. The molecule has 0 aliphatic rings. The molecule has 0 saturated carbocycles. The smallest absolute Gasteiger partial charge is 0.160 e. The molecule has 210 valence electrons. The van der Waals surface area contributed by atoms with Crippen LogP contribution in [0.15, 0.2) is 144 Å². The number of aromatic nitrogens is 3. The summed E-state index contributed by atoms with van der Waals surface area (Å²) < 4.78 is 11.2. The first-order valence-electron chi connectivity index (χ1n) is 15.0. The lowest BCUT2D eigenvalue weighted by Gasteiger charge is -2.10. The Labute approximate surface area is 261 Å². The van der Waals surface area contributed by atoms with Gasteiger partial charge in [-0.15, -0.1) is 11.3 Å². The molecule has 0 amide bonds. The van der Waals surface area contributed by atoms with E-state index in [1.807, 2.05) is 18.2 Å². The van der Waals surface area contributed by atoms with Crippen molar-refractivity contribution in [2.75, 3.05) is 0 Å². The summed E-state index contributed by atoms with van der Waals surface area (Å²) >= 11 is 1.75. The number of benzene rings is 6. The van der Waals surface area contributed by atoms with Crippen LogP contribution in [-0.2, 0) is 0 Å². The Hall–Kier alpha value is -5.78. The first-order chi connectivity index (χ1) is 22.3. The summed E-state index contributed by atoms with van der Waals surface area (Å²) in [6.07, 6.45) is 0. The van der Waals surface area contributed by atoms with E-state index in [2.05, 4.69) is 126 Å². The van der Waals surface area contributed by atoms with E-state index in [4.69, 9.17) is 14.4 Å². The maximum atomic E-state index is 6.53. The number of nitrogens with zero attached hydrogens (tertiary/aromatic N) is 3. The van der Waals surface area contributed by atoms with Crippen molar-refractivity contribution in [3.8, 4) is 28.3 Å². The summed E-state index contributed by atoms with van der Waals surface area (Å²) in [6.45, 7) is 0. The number of hydrogen-bond acceptors (Lipinski definition) is 4. The molecular formula is C40H23N3OS. The number of rotatable bonds is 3. The minimum absolute atomic E-state index is 0.721. The standard InChI is InChI=1S/C40H23N3OS/c1-2-10-24(11-3-1)35-39-36(31-14-6-9-17-34(31)45-39)42-40(41-35)25-18-20-26(21-19-25)43-32-15-7-4-12-27(32)29-22-23-30-28-13-5-8-16-33(28)44-38(30)37(29)43/h1-23H. The lowest BCUT2D eigenvalue weighted by Crippen LogP contribution is -1.96. The van der Waals surface area contributed by atoms with Crippen LogP contribution < -0.4 is 0 Å². The fraction of sp³-hybridized carbons (Fsp3) is 0. The third-order valence-electron chi connectivity index (χ3n) is 8.83. The molecule has 6 aromatic carbocycles. The van der Waals surface area contributed by atoms with Crippen molar-refractivity contribution in [2.24, 2.45) is 0 Å².